The number of likely N-dealkylation sites (N-methyl/N-ethyl adjacent to an activating group) is 1. The summed E-state index contributed by atoms with van der Waals surface area (Å²) in [5.41, 5.74) is 4.34. The van der Waals surface area contributed by atoms with E-state index in [9.17, 15) is 18.0 Å². The zero-order valence-corrected chi connectivity index (χ0v) is 9.29. The molecule has 0 aliphatic carbocycles. The van der Waals surface area contributed by atoms with Gasteiger partial charge in [0.2, 0.25) is 0 Å². The molecule has 0 fully saturated rings. The molecule has 6 heteroatoms. The van der Waals surface area contributed by atoms with Crippen molar-refractivity contribution in [2.45, 2.75) is 6.18 Å². The summed E-state index contributed by atoms with van der Waals surface area (Å²) in [5.74, 6) is -0.315. The zero-order chi connectivity index (χ0) is 13.1. The van der Waals surface area contributed by atoms with Crippen molar-refractivity contribution in [1.82, 2.24) is 0 Å². The van der Waals surface area contributed by atoms with Crippen molar-refractivity contribution in [2.75, 3.05) is 25.0 Å². The largest absolute Gasteiger partial charge is 0.418 e. The Morgan fingerprint density at radius 3 is 2.47 bits per heavy atom. The highest BCUT2D eigenvalue weighted by Gasteiger charge is 2.34. The summed E-state index contributed by atoms with van der Waals surface area (Å²) in [7, 11) is 1.43. The number of nitrogens with two attached hydrogens (primary N) is 1. The number of halogens is 3. The van der Waals surface area contributed by atoms with Gasteiger partial charge in [0.05, 0.1) is 18.7 Å². The van der Waals surface area contributed by atoms with Crippen molar-refractivity contribution in [1.29, 1.82) is 0 Å². The molecule has 3 nitrogen and oxygen atoms in total. The number of para-hydroxylation sites is 1. The number of rotatable bonds is 4. The first-order chi connectivity index (χ1) is 7.86. The van der Waals surface area contributed by atoms with Gasteiger partial charge in [0.15, 0.2) is 5.78 Å². The van der Waals surface area contributed by atoms with Gasteiger partial charge in [-0.25, -0.2) is 0 Å². The van der Waals surface area contributed by atoms with Crippen LogP contribution in [0.5, 0.6) is 0 Å². The van der Waals surface area contributed by atoms with E-state index in [0.29, 0.717) is 0 Å². The number of anilines is 1. The number of alkyl halides is 3. The second-order valence-corrected chi connectivity index (χ2v) is 3.61. The van der Waals surface area contributed by atoms with Gasteiger partial charge in [0.1, 0.15) is 0 Å². The SMILES string of the molecule is CN(CC(=O)CN)c1ccccc1C(F)(F)F. The first-order valence-corrected chi connectivity index (χ1v) is 4.95. The van der Waals surface area contributed by atoms with Gasteiger partial charge in [-0.2, -0.15) is 13.2 Å². The molecule has 0 aliphatic rings. The highest BCUT2D eigenvalue weighted by molar-refractivity contribution is 5.85. The lowest BCUT2D eigenvalue weighted by atomic mass is 10.1. The molecule has 0 unspecified atom stereocenters. The number of ketones is 1. The van der Waals surface area contributed by atoms with E-state index in [-0.39, 0.29) is 24.6 Å². The fraction of sp³-hybridized carbons (Fsp3) is 0.364. The fourth-order valence-electron chi connectivity index (χ4n) is 1.46. The minimum Gasteiger partial charge on any atom is -0.367 e. The quantitative estimate of drug-likeness (QED) is 0.879. The summed E-state index contributed by atoms with van der Waals surface area (Å²) in [6.07, 6.45) is -4.43. The summed E-state index contributed by atoms with van der Waals surface area (Å²) in [6.45, 7) is -0.317. The number of hydrogen-bond donors (Lipinski definition) is 1. The predicted molar refractivity (Wildman–Crippen MR) is 58.8 cm³/mol. The monoisotopic (exact) mass is 246 g/mol. The lowest BCUT2D eigenvalue weighted by Gasteiger charge is -2.22. The highest BCUT2D eigenvalue weighted by Crippen LogP contribution is 2.35. The van der Waals surface area contributed by atoms with Crippen LogP contribution in [-0.2, 0) is 11.0 Å². The van der Waals surface area contributed by atoms with Crippen molar-refractivity contribution < 1.29 is 18.0 Å². The van der Waals surface area contributed by atoms with E-state index in [2.05, 4.69) is 0 Å². The van der Waals surface area contributed by atoms with Gasteiger partial charge in [-0.3, -0.25) is 4.79 Å². The molecule has 0 heterocycles. The number of carbonyl (C=O) groups excluding carboxylic acids is 1. The molecule has 0 bridgehead atoms. The van der Waals surface area contributed by atoms with E-state index >= 15 is 0 Å². The number of hydrogen-bond acceptors (Lipinski definition) is 3. The van der Waals surface area contributed by atoms with E-state index in [1.807, 2.05) is 0 Å². The van der Waals surface area contributed by atoms with Gasteiger partial charge < -0.3 is 10.6 Å². The van der Waals surface area contributed by atoms with Gasteiger partial charge in [-0.05, 0) is 12.1 Å². The second kappa shape index (κ2) is 5.18. The Balaban J connectivity index is 3.01. The van der Waals surface area contributed by atoms with Crippen LogP contribution in [0, 0.1) is 0 Å². The van der Waals surface area contributed by atoms with Crippen LogP contribution in [0.3, 0.4) is 0 Å². The third-order valence-corrected chi connectivity index (χ3v) is 2.26. The fourth-order valence-corrected chi connectivity index (χ4v) is 1.46. The molecule has 0 saturated heterocycles. The molecule has 0 aromatic heterocycles. The maximum atomic E-state index is 12.7. The van der Waals surface area contributed by atoms with Crippen LogP contribution in [0.25, 0.3) is 0 Å². The summed E-state index contributed by atoms with van der Waals surface area (Å²) in [6, 6.07) is 5.12. The molecule has 0 atom stereocenters. The Bertz CT molecular complexity index is 404. The molecule has 1 aromatic carbocycles. The Hall–Kier alpha value is -1.56. The molecule has 0 spiro atoms. The first kappa shape index (κ1) is 13.5. The van der Waals surface area contributed by atoms with Crippen LogP contribution in [0.2, 0.25) is 0 Å². The van der Waals surface area contributed by atoms with Crippen molar-refractivity contribution in [3.05, 3.63) is 29.8 Å². The number of nitrogens with zero attached hydrogens (tertiary/aromatic N) is 1. The molecular formula is C11H13F3N2O. The lowest BCUT2D eigenvalue weighted by molar-refractivity contribution is -0.137. The van der Waals surface area contributed by atoms with Gasteiger partial charge in [-0.1, -0.05) is 12.1 Å². The van der Waals surface area contributed by atoms with E-state index in [1.54, 1.807) is 0 Å². The average molecular weight is 246 g/mol. The van der Waals surface area contributed by atoms with Crippen LogP contribution in [0.15, 0.2) is 24.3 Å². The number of Topliss-reactive ketones (excluding diaryl/α,β-unsaturated/α-hetero) is 1. The smallest absolute Gasteiger partial charge is 0.367 e. The van der Waals surface area contributed by atoms with Crippen molar-refractivity contribution in [3.8, 4) is 0 Å². The van der Waals surface area contributed by atoms with Gasteiger partial charge >= 0.3 is 6.18 Å². The van der Waals surface area contributed by atoms with Crippen LogP contribution < -0.4 is 10.6 Å². The Morgan fingerprint density at radius 2 is 1.94 bits per heavy atom. The molecule has 2 N–H and O–H groups in total. The number of benzene rings is 1. The lowest BCUT2D eigenvalue weighted by Crippen LogP contribution is -2.31. The number of carbonyl (C=O) groups is 1. The van der Waals surface area contributed by atoms with Crippen molar-refractivity contribution in [3.63, 3.8) is 0 Å². The van der Waals surface area contributed by atoms with Crippen LogP contribution in [0.4, 0.5) is 18.9 Å². The molecular weight excluding hydrogens is 233 g/mol. The Labute approximate surface area is 97.0 Å². The van der Waals surface area contributed by atoms with Crippen LogP contribution >= 0.6 is 0 Å². The van der Waals surface area contributed by atoms with E-state index in [4.69, 9.17) is 5.73 Å². The molecule has 0 amide bonds. The van der Waals surface area contributed by atoms with E-state index in [0.717, 1.165) is 6.07 Å². The van der Waals surface area contributed by atoms with Gasteiger partial charge in [0.25, 0.3) is 0 Å². The summed E-state index contributed by atoms with van der Waals surface area (Å²) in [4.78, 5) is 12.4. The summed E-state index contributed by atoms with van der Waals surface area (Å²) in [5, 5.41) is 0. The van der Waals surface area contributed by atoms with Gasteiger partial charge in [0, 0.05) is 12.7 Å². The van der Waals surface area contributed by atoms with Crippen molar-refractivity contribution in [2.24, 2.45) is 5.73 Å². The first-order valence-electron chi connectivity index (χ1n) is 4.95. The summed E-state index contributed by atoms with van der Waals surface area (Å²) >= 11 is 0. The molecule has 0 radical (unpaired) electrons. The molecule has 0 aliphatic heterocycles. The van der Waals surface area contributed by atoms with E-state index in [1.165, 1.54) is 30.1 Å². The molecule has 94 valence electrons. The molecule has 1 rings (SSSR count). The molecule has 1 aromatic rings. The van der Waals surface area contributed by atoms with E-state index < -0.39 is 11.7 Å². The minimum atomic E-state index is -4.43. The van der Waals surface area contributed by atoms with Crippen LogP contribution in [0.1, 0.15) is 5.56 Å². The van der Waals surface area contributed by atoms with Crippen LogP contribution in [-0.4, -0.2) is 25.9 Å². The maximum absolute atomic E-state index is 12.7. The predicted octanol–water partition coefficient (Wildman–Crippen LogP) is 1.67. The molecule has 17 heavy (non-hydrogen) atoms. The summed E-state index contributed by atoms with van der Waals surface area (Å²) < 4.78 is 38.1. The molecule has 0 saturated carbocycles. The third-order valence-electron chi connectivity index (χ3n) is 2.26. The van der Waals surface area contributed by atoms with Crippen molar-refractivity contribution >= 4 is 11.5 Å². The zero-order valence-electron chi connectivity index (χ0n) is 9.29. The Kier molecular flexibility index (Phi) is 4.11. The maximum Gasteiger partial charge on any atom is 0.418 e. The van der Waals surface area contributed by atoms with Gasteiger partial charge in [-0.15, -0.1) is 0 Å². The third kappa shape index (κ3) is 3.45. The average Bonchev–Trinajstić information content (AvgIpc) is 2.27. The standard InChI is InChI=1S/C11H13F3N2O/c1-16(7-8(17)6-15)10-5-3-2-4-9(10)11(12,13)14/h2-5H,6-7,15H2,1H3. The Morgan fingerprint density at radius 1 is 1.35 bits per heavy atom. The normalized spacial score (nSPS) is 11.4. The topological polar surface area (TPSA) is 46.3 Å². The minimum absolute atomic E-state index is 0.0261. The second-order valence-electron chi connectivity index (χ2n) is 3.61. The highest BCUT2D eigenvalue weighted by atomic mass is 19.4.